The Bertz CT molecular complexity index is 388. The minimum Gasteiger partial charge on any atom is -0.508 e. The summed E-state index contributed by atoms with van der Waals surface area (Å²) in [5.41, 5.74) is 7.89. The lowest BCUT2D eigenvalue weighted by molar-refractivity contribution is -0.138. The van der Waals surface area contributed by atoms with Gasteiger partial charge in [-0.05, 0) is 43.0 Å². The van der Waals surface area contributed by atoms with Gasteiger partial charge in [0.2, 0.25) is 0 Å². The third-order valence-corrected chi connectivity index (χ3v) is 2.41. The van der Waals surface area contributed by atoms with Crippen molar-refractivity contribution in [3.05, 3.63) is 28.8 Å². The number of phenols is 1. The molecule has 0 aliphatic carbocycles. The predicted octanol–water partition coefficient (Wildman–Crippen LogP) is 0.963. The number of carboxylic acids is 1. The van der Waals surface area contributed by atoms with Crippen LogP contribution in [0, 0.1) is 13.8 Å². The van der Waals surface area contributed by atoms with E-state index in [9.17, 15) is 9.90 Å². The second kappa shape index (κ2) is 4.31. The summed E-state index contributed by atoms with van der Waals surface area (Å²) in [5.74, 6) is -0.791. The Morgan fingerprint density at radius 1 is 1.40 bits per heavy atom. The van der Waals surface area contributed by atoms with Gasteiger partial charge in [-0.1, -0.05) is 6.07 Å². The molecule has 0 fully saturated rings. The molecule has 1 aromatic rings. The van der Waals surface area contributed by atoms with Crippen LogP contribution in [-0.4, -0.2) is 22.2 Å². The molecule has 0 radical (unpaired) electrons. The molecule has 0 aromatic heterocycles. The summed E-state index contributed by atoms with van der Waals surface area (Å²) >= 11 is 0. The monoisotopic (exact) mass is 209 g/mol. The SMILES string of the molecule is Cc1cc(C[C@H](N)C(=O)O)c(C)cc1O. The third kappa shape index (κ3) is 2.70. The fourth-order valence-electron chi connectivity index (χ4n) is 1.40. The summed E-state index contributed by atoms with van der Waals surface area (Å²) in [6.07, 6.45) is 0.280. The smallest absolute Gasteiger partial charge is 0.320 e. The van der Waals surface area contributed by atoms with Crippen LogP contribution in [-0.2, 0) is 11.2 Å². The lowest BCUT2D eigenvalue weighted by Gasteiger charge is -2.11. The number of phenolic OH excluding ortho intramolecular Hbond substituents is 1. The summed E-state index contributed by atoms with van der Waals surface area (Å²) in [4.78, 5) is 10.6. The number of hydrogen-bond acceptors (Lipinski definition) is 3. The number of aromatic hydroxyl groups is 1. The molecule has 15 heavy (non-hydrogen) atoms. The zero-order valence-electron chi connectivity index (χ0n) is 8.82. The molecule has 0 heterocycles. The average molecular weight is 209 g/mol. The number of aryl methyl sites for hydroxylation is 2. The molecule has 0 saturated carbocycles. The second-order valence-corrected chi connectivity index (χ2v) is 3.71. The Balaban J connectivity index is 2.95. The van der Waals surface area contributed by atoms with E-state index in [0.717, 1.165) is 16.7 Å². The lowest BCUT2D eigenvalue weighted by Crippen LogP contribution is -2.32. The first-order valence-electron chi connectivity index (χ1n) is 4.69. The molecule has 1 aromatic carbocycles. The molecule has 82 valence electrons. The minimum atomic E-state index is -1.01. The molecule has 0 aliphatic heterocycles. The molecule has 0 unspecified atom stereocenters. The molecule has 0 saturated heterocycles. The van der Waals surface area contributed by atoms with E-state index in [1.54, 1.807) is 19.1 Å². The van der Waals surface area contributed by atoms with Crippen molar-refractivity contribution in [1.29, 1.82) is 0 Å². The van der Waals surface area contributed by atoms with E-state index >= 15 is 0 Å². The van der Waals surface area contributed by atoms with Gasteiger partial charge in [-0.15, -0.1) is 0 Å². The van der Waals surface area contributed by atoms with Gasteiger partial charge in [-0.25, -0.2) is 0 Å². The van der Waals surface area contributed by atoms with Gasteiger partial charge in [-0.3, -0.25) is 4.79 Å². The van der Waals surface area contributed by atoms with Crippen molar-refractivity contribution >= 4 is 5.97 Å². The van der Waals surface area contributed by atoms with Crippen LogP contribution in [0.4, 0.5) is 0 Å². The first-order valence-corrected chi connectivity index (χ1v) is 4.69. The molecule has 0 bridgehead atoms. The number of rotatable bonds is 3. The molecule has 0 spiro atoms. The number of carboxylic acid groups (broad SMARTS) is 1. The number of hydrogen-bond donors (Lipinski definition) is 3. The van der Waals surface area contributed by atoms with Gasteiger partial charge in [0.25, 0.3) is 0 Å². The fourth-order valence-corrected chi connectivity index (χ4v) is 1.40. The van der Waals surface area contributed by atoms with Gasteiger partial charge < -0.3 is 15.9 Å². The average Bonchev–Trinajstić information content (AvgIpc) is 2.13. The van der Waals surface area contributed by atoms with Crippen LogP contribution in [0.3, 0.4) is 0 Å². The standard InChI is InChI=1S/C11H15NO3/c1-6-4-10(13)7(2)3-8(6)5-9(12)11(14)15/h3-4,9,13H,5,12H2,1-2H3,(H,14,15)/t9-/m0/s1. The normalized spacial score (nSPS) is 12.5. The van der Waals surface area contributed by atoms with Crippen LogP contribution in [0.5, 0.6) is 5.75 Å². The largest absolute Gasteiger partial charge is 0.508 e. The fraction of sp³-hybridized carbons (Fsp3) is 0.364. The Morgan fingerprint density at radius 3 is 2.53 bits per heavy atom. The molecule has 4 heteroatoms. The first-order chi connectivity index (χ1) is 6.91. The van der Waals surface area contributed by atoms with Gasteiger partial charge in [-0.2, -0.15) is 0 Å². The van der Waals surface area contributed by atoms with Crippen LogP contribution >= 0.6 is 0 Å². The maximum absolute atomic E-state index is 10.6. The van der Waals surface area contributed by atoms with Gasteiger partial charge in [0.1, 0.15) is 11.8 Å². The highest BCUT2D eigenvalue weighted by molar-refractivity contribution is 5.73. The Kier molecular flexibility index (Phi) is 3.31. The lowest BCUT2D eigenvalue weighted by atomic mass is 9.99. The zero-order valence-corrected chi connectivity index (χ0v) is 8.82. The minimum absolute atomic E-state index is 0.222. The zero-order chi connectivity index (χ0) is 11.6. The topological polar surface area (TPSA) is 83.6 Å². The van der Waals surface area contributed by atoms with E-state index in [4.69, 9.17) is 10.8 Å². The van der Waals surface area contributed by atoms with Crippen molar-refractivity contribution in [3.8, 4) is 5.75 Å². The Morgan fingerprint density at radius 2 is 2.00 bits per heavy atom. The maximum Gasteiger partial charge on any atom is 0.320 e. The number of benzene rings is 1. The molecule has 0 amide bonds. The highest BCUT2D eigenvalue weighted by Gasteiger charge is 2.14. The van der Waals surface area contributed by atoms with Gasteiger partial charge in [0.15, 0.2) is 0 Å². The van der Waals surface area contributed by atoms with Crippen molar-refractivity contribution in [3.63, 3.8) is 0 Å². The Hall–Kier alpha value is -1.55. The van der Waals surface area contributed by atoms with Crippen LogP contribution in [0.25, 0.3) is 0 Å². The molecule has 1 atom stereocenters. The number of aliphatic carboxylic acids is 1. The summed E-state index contributed by atoms with van der Waals surface area (Å²) in [6, 6.07) is 2.50. The summed E-state index contributed by atoms with van der Waals surface area (Å²) in [7, 11) is 0. The van der Waals surface area contributed by atoms with Crippen LogP contribution in [0.15, 0.2) is 12.1 Å². The van der Waals surface area contributed by atoms with Crippen LogP contribution in [0.2, 0.25) is 0 Å². The molecular weight excluding hydrogens is 194 g/mol. The van der Waals surface area contributed by atoms with Gasteiger partial charge >= 0.3 is 5.97 Å². The van der Waals surface area contributed by atoms with Gasteiger partial charge in [0, 0.05) is 0 Å². The molecule has 0 aliphatic rings. The maximum atomic E-state index is 10.6. The van der Waals surface area contributed by atoms with E-state index in [1.807, 2.05) is 6.92 Å². The summed E-state index contributed by atoms with van der Waals surface area (Å²) in [6.45, 7) is 3.59. The Labute approximate surface area is 88.3 Å². The van der Waals surface area contributed by atoms with Crippen molar-refractivity contribution in [2.24, 2.45) is 5.73 Å². The quantitative estimate of drug-likeness (QED) is 0.692. The van der Waals surface area contributed by atoms with Crippen LogP contribution < -0.4 is 5.73 Å². The predicted molar refractivity (Wildman–Crippen MR) is 56.9 cm³/mol. The van der Waals surface area contributed by atoms with Crippen molar-refractivity contribution in [1.82, 2.24) is 0 Å². The van der Waals surface area contributed by atoms with Crippen molar-refractivity contribution < 1.29 is 15.0 Å². The number of carbonyl (C=O) groups is 1. The molecular formula is C11H15NO3. The van der Waals surface area contributed by atoms with E-state index in [-0.39, 0.29) is 12.2 Å². The second-order valence-electron chi connectivity index (χ2n) is 3.71. The van der Waals surface area contributed by atoms with Gasteiger partial charge in [0.05, 0.1) is 0 Å². The molecule has 1 rings (SSSR count). The number of nitrogens with two attached hydrogens (primary N) is 1. The van der Waals surface area contributed by atoms with Crippen LogP contribution in [0.1, 0.15) is 16.7 Å². The molecule has 4 nitrogen and oxygen atoms in total. The van der Waals surface area contributed by atoms with E-state index in [2.05, 4.69) is 0 Å². The van der Waals surface area contributed by atoms with E-state index < -0.39 is 12.0 Å². The van der Waals surface area contributed by atoms with Crippen molar-refractivity contribution in [2.45, 2.75) is 26.3 Å². The highest BCUT2D eigenvalue weighted by atomic mass is 16.4. The third-order valence-electron chi connectivity index (χ3n) is 2.41. The highest BCUT2D eigenvalue weighted by Crippen LogP contribution is 2.21. The summed E-state index contributed by atoms with van der Waals surface area (Å²) in [5, 5.41) is 18.1. The first kappa shape index (κ1) is 11.5. The van der Waals surface area contributed by atoms with E-state index in [0.29, 0.717) is 0 Å². The summed E-state index contributed by atoms with van der Waals surface area (Å²) < 4.78 is 0. The van der Waals surface area contributed by atoms with E-state index in [1.165, 1.54) is 0 Å². The van der Waals surface area contributed by atoms with Crippen molar-refractivity contribution in [2.75, 3.05) is 0 Å². The molecule has 4 N–H and O–H groups in total.